The molecule has 28 heavy (non-hydrogen) atoms. The molecule has 0 amide bonds. The van der Waals surface area contributed by atoms with E-state index in [0.29, 0.717) is 6.61 Å². The predicted molar refractivity (Wildman–Crippen MR) is 110 cm³/mol. The van der Waals surface area contributed by atoms with Crippen molar-refractivity contribution in [1.82, 2.24) is 0 Å². The number of likely N-dealkylation sites (N-methyl/N-ethyl adjacent to an activating group) is 1. The average Bonchev–Trinajstić information content (AvgIpc) is 2.72. The first kappa shape index (κ1) is 26.3. The van der Waals surface area contributed by atoms with Crippen LogP contribution >= 0.6 is 0 Å². The molecular formula is C23H31INO3-. The van der Waals surface area contributed by atoms with E-state index in [2.05, 4.69) is 20.8 Å². The van der Waals surface area contributed by atoms with Crippen molar-refractivity contribution < 1.29 is 43.5 Å². The Kier molecular flexibility index (Phi) is 13.5. The fourth-order valence-corrected chi connectivity index (χ4v) is 2.84. The molecule has 0 aromatic heterocycles. The van der Waals surface area contributed by atoms with Crippen molar-refractivity contribution in [3.63, 3.8) is 0 Å². The molecule has 0 spiro atoms. The number of benzene rings is 2. The maximum atomic E-state index is 10.6. The highest BCUT2D eigenvalue weighted by molar-refractivity contribution is 5.86. The third-order valence-corrected chi connectivity index (χ3v) is 5.00. The number of hydrogen-bond acceptors (Lipinski definition) is 3. The Balaban J connectivity index is 0.000000577. The number of carboxylic acid groups (broad SMARTS) is 1. The van der Waals surface area contributed by atoms with Gasteiger partial charge >= 0.3 is 0 Å². The summed E-state index contributed by atoms with van der Waals surface area (Å²) in [4.78, 5) is 10.6. The quantitative estimate of drug-likeness (QED) is 0.320. The standard InChI is InChI=1S/C15H12O2.C8H20NO.HI/c16-15(17)14-10-8-13(9-11-14)7-6-12-4-2-1-3-5-12;1-4-9(5-2,6-3)7-8-10;/h1-11H,(H,16,17);10H,4-8H2,1-3H3;1H/q;+1;/p-2/b7-6+;;. The lowest BCUT2D eigenvalue weighted by Crippen LogP contribution is -3.00. The van der Waals surface area contributed by atoms with E-state index in [9.17, 15) is 9.90 Å². The molecule has 2 aromatic carbocycles. The summed E-state index contributed by atoms with van der Waals surface area (Å²) in [7, 11) is 0. The molecule has 2 aromatic rings. The van der Waals surface area contributed by atoms with Gasteiger partial charge < -0.3 is 43.5 Å². The van der Waals surface area contributed by atoms with Crippen LogP contribution < -0.4 is 29.1 Å². The first-order chi connectivity index (χ1) is 13.0. The molecular weight excluding hydrogens is 465 g/mol. The molecule has 0 aliphatic carbocycles. The minimum Gasteiger partial charge on any atom is -1.00 e. The van der Waals surface area contributed by atoms with Crippen molar-refractivity contribution in [2.75, 3.05) is 32.8 Å². The molecule has 0 fully saturated rings. The van der Waals surface area contributed by atoms with Gasteiger partial charge in [-0.25, -0.2) is 0 Å². The number of carboxylic acids is 1. The van der Waals surface area contributed by atoms with E-state index in [0.717, 1.165) is 41.8 Å². The molecule has 0 aliphatic heterocycles. The van der Waals surface area contributed by atoms with Crippen molar-refractivity contribution in [3.05, 3.63) is 71.3 Å². The van der Waals surface area contributed by atoms with E-state index < -0.39 is 5.97 Å². The van der Waals surface area contributed by atoms with Gasteiger partial charge in [-0.3, -0.25) is 0 Å². The van der Waals surface area contributed by atoms with Gasteiger partial charge in [0.25, 0.3) is 0 Å². The molecule has 0 saturated carbocycles. The lowest BCUT2D eigenvalue weighted by molar-refractivity contribution is -0.923. The summed E-state index contributed by atoms with van der Waals surface area (Å²) < 4.78 is 1.05. The van der Waals surface area contributed by atoms with Crippen LogP contribution in [0.4, 0.5) is 0 Å². The molecule has 5 heteroatoms. The van der Waals surface area contributed by atoms with Crippen LogP contribution in [-0.2, 0) is 0 Å². The minimum atomic E-state index is -1.15. The van der Waals surface area contributed by atoms with Crippen LogP contribution in [0.25, 0.3) is 12.2 Å². The fourth-order valence-electron chi connectivity index (χ4n) is 2.84. The van der Waals surface area contributed by atoms with E-state index in [-0.39, 0.29) is 29.5 Å². The Morgan fingerprint density at radius 1 is 0.893 bits per heavy atom. The van der Waals surface area contributed by atoms with Crippen LogP contribution in [-0.4, -0.2) is 48.3 Å². The van der Waals surface area contributed by atoms with E-state index in [1.165, 1.54) is 0 Å². The van der Waals surface area contributed by atoms with Crippen molar-refractivity contribution >= 4 is 18.1 Å². The highest BCUT2D eigenvalue weighted by Crippen LogP contribution is 2.09. The maximum Gasteiger partial charge on any atom is 0.102 e. The zero-order valence-electron chi connectivity index (χ0n) is 17.0. The monoisotopic (exact) mass is 496 g/mol. The van der Waals surface area contributed by atoms with Gasteiger partial charge in [0.15, 0.2) is 0 Å². The second-order valence-corrected chi connectivity index (χ2v) is 6.39. The van der Waals surface area contributed by atoms with Gasteiger partial charge in [0, 0.05) is 0 Å². The number of aliphatic hydroxyl groups excluding tert-OH is 1. The molecule has 0 saturated heterocycles. The first-order valence-electron chi connectivity index (χ1n) is 9.50. The van der Waals surface area contributed by atoms with E-state index in [1.807, 2.05) is 42.5 Å². The highest BCUT2D eigenvalue weighted by Gasteiger charge is 2.18. The molecule has 0 aliphatic rings. The van der Waals surface area contributed by atoms with Gasteiger partial charge in [-0.05, 0) is 37.5 Å². The second-order valence-electron chi connectivity index (χ2n) is 6.39. The number of halogens is 1. The summed E-state index contributed by atoms with van der Waals surface area (Å²) in [6, 6.07) is 16.5. The van der Waals surface area contributed by atoms with Crippen LogP contribution in [0.3, 0.4) is 0 Å². The number of aliphatic hydroxyl groups is 1. The minimum absolute atomic E-state index is 0. The Bertz CT molecular complexity index is 687. The number of carbonyl (C=O) groups excluding carboxylic acids is 1. The Hall–Kier alpha value is -1.70. The van der Waals surface area contributed by atoms with Gasteiger partial charge in [-0.2, -0.15) is 0 Å². The SMILES string of the molecule is CC[N+](CC)(CC)CCO.O=C([O-])c1ccc(/C=C/c2ccccc2)cc1.[I-]. The Morgan fingerprint density at radius 3 is 1.71 bits per heavy atom. The topological polar surface area (TPSA) is 60.4 Å². The van der Waals surface area contributed by atoms with Gasteiger partial charge in [-0.1, -0.05) is 66.7 Å². The molecule has 2 rings (SSSR count). The molecule has 0 bridgehead atoms. The van der Waals surface area contributed by atoms with Gasteiger partial charge in [0.2, 0.25) is 0 Å². The number of nitrogens with zero attached hydrogens (tertiary/aromatic N) is 1. The lowest BCUT2D eigenvalue weighted by atomic mass is 10.1. The highest BCUT2D eigenvalue weighted by atomic mass is 127. The number of aromatic carboxylic acids is 1. The number of hydrogen-bond donors (Lipinski definition) is 1. The summed E-state index contributed by atoms with van der Waals surface area (Å²) in [5.74, 6) is -1.15. The average molecular weight is 496 g/mol. The Morgan fingerprint density at radius 2 is 1.36 bits per heavy atom. The molecule has 4 nitrogen and oxygen atoms in total. The summed E-state index contributed by atoms with van der Waals surface area (Å²) in [5, 5.41) is 19.3. The summed E-state index contributed by atoms with van der Waals surface area (Å²) in [6.07, 6.45) is 3.92. The number of quaternary nitrogens is 1. The third kappa shape index (κ3) is 8.99. The van der Waals surface area contributed by atoms with Crippen LogP contribution in [0.5, 0.6) is 0 Å². The van der Waals surface area contributed by atoms with Gasteiger partial charge in [-0.15, -0.1) is 0 Å². The zero-order chi connectivity index (χ0) is 20.1. The van der Waals surface area contributed by atoms with Crippen LogP contribution in [0, 0.1) is 0 Å². The summed E-state index contributed by atoms with van der Waals surface area (Å²) in [5.41, 5.74) is 2.26. The van der Waals surface area contributed by atoms with Crippen molar-refractivity contribution in [2.24, 2.45) is 0 Å². The van der Waals surface area contributed by atoms with Gasteiger partial charge in [0.1, 0.15) is 6.54 Å². The van der Waals surface area contributed by atoms with E-state index >= 15 is 0 Å². The molecule has 0 atom stereocenters. The summed E-state index contributed by atoms with van der Waals surface area (Å²) in [6.45, 7) is 11.2. The number of carbonyl (C=O) groups is 1. The maximum absolute atomic E-state index is 10.6. The molecule has 154 valence electrons. The Labute approximate surface area is 186 Å². The van der Waals surface area contributed by atoms with Crippen molar-refractivity contribution in [2.45, 2.75) is 20.8 Å². The summed E-state index contributed by atoms with van der Waals surface area (Å²) >= 11 is 0. The number of rotatable bonds is 8. The normalized spacial score (nSPS) is 10.7. The molecule has 0 radical (unpaired) electrons. The van der Waals surface area contributed by atoms with Crippen LogP contribution in [0.2, 0.25) is 0 Å². The zero-order valence-corrected chi connectivity index (χ0v) is 19.1. The van der Waals surface area contributed by atoms with Crippen LogP contribution in [0.1, 0.15) is 42.3 Å². The third-order valence-electron chi connectivity index (χ3n) is 5.00. The molecule has 0 heterocycles. The fraction of sp³-hybridized carbons (Fsp3) is 0.348. The lowest BCUT2D eigenvalue weighted by Gasteiger charge is -2.34. The largest absolute Gasteiger partial charge is 1.00 e. The smallest absolute Gasteiger partial charge is 0.102 e. The first-order valence-corrected chi connectivity index (χ1v) is 9.50. The van der Waals surface area contributed by atoms with E-state index in [4.69, 9.17) is 5.11 Å². The van der Waals surface area contributed by atoms with E-state index in [1.54, 1.807) is 24.3 Å². The molecule has 1 N–H and O–H groups in total. The van der Waals surface area contributed by atoms with Crippen molar-refractivity contribution in [1.29, 1.82) is 0 Å². The second kappa shape index (κ2) is 14.3. The predicted octanol–water partition coefficient (Wildman–Crippen LogP) is 0.0797. The van der Waals surface area contributed by atoms with Gasteiger partial charge in [0.05, 0.1) is 32.2 Å². The van der Waals surface area contributed by atoms with Crippen molar-refractivity contribution in [3.8, 4) is 0 Å². The van der Waals surface area contributed by atoms with Crippen LogP contribution in [0.15, 0.2) is 54.6 Å². The molecule has 0 unspecified atom stereocenters.